The maximum atomic E-state index is 5.60. The molecule has 0 saturated heterocycles. The minimum absolute atomic E-state index is 0.508. The normalized spacial score (nSPS) is 12.8. The van der Waals surface area contributed by atoms with E-state index in [0.717, 1.165) is 12.1 Å². The van der Waals surface area contributed by atoms with Crippen molar-refractivity contribution in [1.82, 2.24) is 0 Å². The number of halogens is 6. The maximum Gasteiger partial charge on any atom is 0.341 e. The Bertz CT molecular complexity index is 152. The van der Waals surface area contributed by atoms with E-state index in [4.69, 9.17) is 66.5 Å². The molecule has 8 heteroatoms. The van der Waals surface area contributed by atoms with Crippen molar-refractivity contribution in [2.75, 3.05) is 0 Å². The van der Waals surface area contributed by atoms with Crippen LogP contribution in [0.2, 0.25) is 12.1 Å². The summed E-state index contributed by atoms with van der Waals surface area (Å²) in [5, 5.41) is 0. The van der Waals surface area contributed by atoms with Gasteiger partial charge in [0.2, 0.25) is 0 Å². The summed E-state index contributed by atoms with van der Waals surface area (Å²) in [4.78, 5) is 0. The van der Waals surface area contributed by atoms with Gasteiger partial charge in [0.15, 0.2) is 0 Å². The zero-order valence-electron chi connectivity index (χ0n) is 9.84. The lowest BCUT2D eigenvalue weighted by atomic mass is 10.3. The molecule has 0 aliphatic heterocycles. The molecule has 0 aromatic heterocycles. The highest BCUT2D eigenvalue weighted by molar-refractivity contribution is 7.65. The summed E-state index contributed by atoms with van der Waals surface area (Å²) in [7, 11) is 0. The van der Waals surface area contributed by atoms with Gasteiger partial charge in [-0.05, 0) is 23.9 Å². The third-order valence-electron chi connectivity index (χ3n) is 1.28. The Morgan fingerprint density at radius 1 is 0.625 bits per heavy atom. The summed E-state index contributed by atoms with van der Waals surface area (Å²) in [6, 6.07) is -3.08. The van der Waals surface area contributed by atoms with Gasteiger partial charge in [-0.15, -0.1) is 66.5 Å². The molecule has 0 aromatic rings. The van der Waals surface area contributed by atoms with Crippen molar-refractivity contribution >= 4 is 78.5 Å². The highest BCUT2D eigenvalue weighted by Gasteiger charge is 2.26. The SMILES string of the molecule is CC(C)C[Si](Cl)(Cl)Cl.CC(C)C[Si](Cl)(Cl)Cl. The molecule has 0 aliphatic carbocycles. The third-order valence-corrected chi connectivity index (χ3v) is 6.62. The van der Waals surface area contributed by atoms with Crippen molar-refractivity contribution in [3.8, 4) is 0 Å². The summed E-state index contributed by atoms with van der Waals surface area (Å²) in [6.45, 7) is 8.20. The van der Waals surface area contributed by atoms with Crippen molar-refractivity contribution in [3.63, 3.8) is 0 Å². The van der Waals surface area contributed by atoms with Crippen LogP contribution in [0.15, 0.2) is 0 Å². The first-order chi connectivity index (χ1) is 6.83. The van der Waals surface area contributed by atoms with Crippen molar-refractivity contribution in [2.24, 2.45) is 11.8 Å². The average Bonchev–Trinajstić information content (AvgIpc) is 1.72. The monoisotopic (exact) mass is 380 g/mol. The van der Waals surface area contributed by atoms with Crippen LogP contribution in [0.4, 0.5) is 0 Å². The van der Waals surface area contributed by atoms with E-state index in [9.17, 15) is 0 Å². The van der Waals surface area contributed by atoms with E-state index in [0.29, 0.717) is 11.8 Å². The van der Waals surface area contributed by atoms with Crippen molar-refractivity contribution in [1.29, 1.82) is 0 Å². The predicted molar refractivity (Wildman–Crippen MR) is 85.9 cm³/mol. The van der Waals surface area contributed by atoms with Crippen LogP contribution >= 0.6 is 66.5 Å². The van der Waals surface area contributed by atoms with Crippen LogP contribution in [-0.4, -0.2) is 12.0 Å². The average molecular weight is 383 g/mol. The fourth-order valence-corrected chi connectivity index (χ4v) is 8.33. The minimum Gasteiger partial charge on any atom is -0.126 e. The van der Waals surface area contributed by atoms with Crippen LogP contribution in [0.3, 0.4) is 0 Å². The molecule has 0 atom stereocenters. The van der Waals surface area contributed by atoms with E-state index in [-0.39, 0.29) is 0 Å². The quantitative estimate of drug-likeness (QED) is 0.379. The molecule has 0 unspecified atom stereocenters. The first kappa shape index (κ1) is 20.5. The standard InChI is InChI=1S/2C4H9Cl3Si/c2*1-4(2)3-8(5,6)7/h2*4H,3H2,1-2H3. The molecule has 0 aromatic carbocycles. The molecule has 0 bridgehead atoms. The summed E-state index contributed by atoms with van der Waals surface area (Å²) >= 11 is 33.6. The van der Waals surface area contributed by atoms with Gasteiger partial charge in [0.05, 0.1) is 0 Å². The summed E-state index contributed by atoms with van der Waals surface area (Å²) in [5.41, 5.74) is 0. The van der Waals surface area contributed by atoms with E-state index in [1.54, 1.807) is 0 Å². The Balaban J connectivity index is 0. The number of hydrogen-bond donors (Lipinski definition) is 0. The van der Waals surface area contributed by atoms with E-state index in [1.807, 2.05) is 0 Å². The lowest BCUT2D eigenvalue weighted by molar-refractivity contribution is 0.731. The Morgan fingerprint density at radius 3 is 0.812 bits per heavy atom. The predicted octanol–water partition coefficient (Wildman–Crippen LogP) is 6.60. The molecule has 16 heavy (non-hydrogen) atoms. The fourth-order valence-electron chi connectivity index (χ4n) is 0.926. The first-order valence-corrected chi connectivity index (χ1v) is 15.5. The van der Waals surface area contributed by atoms with Crippen LogP contribution < -0.4 is 0 Å². The van der Waals surface area contributed by atoms with Gasteiger partial charge in [0.25, 0.3) is 0 Å². The van der Waals surface area contributed by atoms with E-state index in [1.165, 1.54) is 0 Å². The number of rotatable bonds is 4. The molecule has 0 N–H and O–H groups in total. The molecular weight excluding hydrogens is 365 g/mol. The second-order valence-electron chi connectivity index (χ2n) is 4.43. The summed E-state index contributed by atoms with van der Waals surface area (Å²) < 4.78 is 0. The molecule has 0 radical (unpaired) electrons. The van der Waals surface area contributed by atoms with Gasteiger partial charge in [-0.25, -0.2) is 0 Å². The molecule has 0 nitrogen and oxygen atoms in total. The molecule has 0 fully saturated rings. The zero-order valence-corrected chi connectivity index (χ0v) is 16.4. The minimum atomic E-state index is -2.30. The second-order valence-corrected chi connectivity index (χ2v) is 22.8. The molecule has 100 valence electrons. The molecule has 0 aliphatic rings. The number of hydrogen-bond acceptors (Lipinski definition) is 0. The zero-order chi connectivity index (χ0) is 13.6. The summed E-state index contributed by atoms with van der Waals surface area (Å²) in [5.74, 6) is 1.02. The van der Waals surface area contributed by atoms with Crippen LogP contribution in [0, 0.1) is 11.8 Å². The lowest BCUT2D eigenvalue weighted by Crippen LogP contribution is -2.11. The second kappa shape index (κ2) is 9.14. The van der Waals surface area contributed by atoms with Gasteiger partial charge >= 0.3 is 12.0 Å². The molecule has 0 heterocycles. The van der Waals surface area contributed by atoms with Gasteiger partial charge in [-0.3, -0.25) is 0 Å². The largest absolute Gasteiger partial charge is 0.341 e. The van der Waals surface area contributed by atoms with Crippen LogP contribution in [0.5, 0.6) is 0 Å². The highest BCUT2D eigenvalue weighted by atomic mass is 35.8. The van der Waals surface area contributed by atoms with Crippen LogP contribution in [-0.2, 0) is 0 Å². The van der Waals surface area contributed by atoms with Gasteiger partial charge < -0.3 is 0 Å². The molecular formula is C8H18Cl6Si2. The van der Waals surface area contributed by atoms with Crippen LogP contribution in [0.1, 0.15) is 27.7 Å². The topological polar surface area (TPSA) is 0 Å². The molecule has 0 rings (SSSR count). The smallest absolute Gasteiger partial charge is 0.126 e. The first-order valence-electron chi connectivity index (χ1n) is 4.97. The molecule has 0 saturated carbocycles. The van der Waals surface area contributed by atoms with Crippen molar-refractivity contribution in [3.05, 3.63) is 0 Å². The van der Waals surface area contributed by atoms with Gasteiger partial charge in [0.1, 0.15) is 0 Å². The van der Waals surface area contributed by atoms with Gasteiger partial charge in [0, 0.05) is 0 Å². The molecule has 0 amide bonds. The third kappa shape index (κ3) is 25.1. The fraction of sp³-hybridized carbons (Fsp3) is 1.00. The Kier molecular flexibility index (Phi) is 11.7. The van der Waals surface area contributed by atoms with Crippen molar-refractivity contribution in [2.45, 2.75) is 39.8 Å². The summed E-state index contributed by atoms with van der Waals surface area (Å²) in [6.07, 6.45) is 0. The van der Waals surface area contributed by atoms with Gasteiger partial charge in [-0.2, -0.15) is 0 Å². The Hall–Kier alpha value is 2.17. The lowest BCUT2D eigenvalue weighted by Gasteiger charge is -2.08. The van der Waals surface area contributed by atoms with E-state index in [2.05, 4.69) is 27.7 Å². The van der Waals surface area contributed by atoms with Gasteiger partial charge in [-0.1, -0.05) is 27.7 Å². The highest BCUT2D eigenvalue weighted by Crippen LogP contribution is 2.29. The van der Waals surface area contributed by atoms with Crippen molar-refractivity contribution < 1.29 is 0 Å². The molecule has 0 spiro atoms. The van der Waals surface area contributed by atoms with E-state index >= 15 is 0 Å². The van der Waals surface area contributed by atoms with E-state index < -0.39 is 12.0 Å². The Morgan fingerprint density at radius 2 is 0.812 bits per heavy atom. The maximum absolute atomic E-state index is 5.60. The Labute approximate surface area is 129 Å². The van der Waals surface area contributed by atoms with Crippen LogP contribution in [0.25, 0.3) is 0 Å².